The van der Waals surface area contributed by atoms with E-state index in [1.54, 1.807) is 19.1 Å². The zero-order chi connectivity index (χ0) is 26.2. The fraction of sp³-hybridized carbons (Fsp3) is 0.310. The number of aliphatic hydroxyl groups excluding tert-OH is 2. The molecule has 3 aromatic carbocycles. The Labute approximate surface area is 216 Å². The van der Waals surface area contributed by atoms with Gasteiger partial charge in [0.15, 0.2) is 11.5 Å². The van der Waals surface area contributed by atoms with Crippen LogP contribution in [0.5, 0.6) is 11.5 Å². The summed E-state index contributed by atoms with van der Waals surface area (Å²) < 4.78 is 10.9. The molecule has 5 rings (SSSR count). The van der Waals surface area contributed by atoms with E-state index in [1.807, 2.05) is 55.5 Å². The normalized spacial score (nSPS) is 15.2. The first-order valence-electron chi connectivity index (χ1n) is 12.2. The first-order valence-corrected chi connectivity index (χ1v) is 12.2. The smallest absolute Gasteiger partial charge is 0.251 e. The Kier molecular flexibility index (Phi) is 6.39. The van der Waals surface area contributed by atoms with E-state index < -0.39 is 11.0 Å². The molecule has 0 aromatic heterocycles. The quantitative estimate of drug-likeness (QED) is 0.371. The van der Waals surface area contributed by atoms with Crippen LogP contribution in [-0.2, 0) is 10.2 Å². The zero-order valence-electron chi connectivity index (χ0n) is 20.8. The van der Waals surface area contributed by atoms with Crippen molar-refractivity contribution < 1.29 is 30.7 Å². The molecule has 1 aliphatic carbocycles. The maximum Gasteiger partial charge on any atom is 0.251 e. The van der Waals surface area contributed by atoms with Crippen LogP contribution in [0.25, 0.3) is 11.1 Å². The second-order valence-electron chi connectivity index (χ2n) is 10.0. The van der Waals surface area contributed by atoms with Crippen molar-refractivity contribution in [3.63, 3.8) is 0 Å². The Bertz CT molecular complexity index is 1350. The molecule has 37 heavy (non-hydrogen) atoms. The molecule has 1 heterocycles. The van der Waals surface area contributed by atoms with E-state index in [0.29, 0.717) is 22.7 Å². The minimum atomic E-state index is -1.10. The SMILES string of the molecule is Cc1ccc(NC(=O)C2(c3ccc4c(c3)OCO4)CC2)cc1-c1ccc(C(=O)NC(C)(CO)CO)cc1.[HH]. The minimum absolute atomic E-state index is 0. The molecule has 0 saturated heterocycles. The van der Waals surface area contributed by atoms with Gasteiger partial charge in [-0.2, -0.15) is 0 Å². The number of hydrogen-bond acceptors (Lipinski definition) is 6. The molecule has 1 fully saturated rings. The number of hydrogen-bond donors (Lipinski definition) is 4. The molecular formula is C29H32N2O6. The summed E-state index contributed by atoms with van der Waals surface area (Å²) in [5.74, 6) is 0.934. The van der Waals surface area contributed by atoms with Crippen molar-refractivity contribution in [2.24, 2.45) is 0 Å². The molecular weight excluding hydrogens is 472 g/mol. The average Bonchev–Trinajstić information content (AvgIpc) is 3.60. The third kappa shape index (κ3) is 4.77. The minimum Gasteiger partial charge on any atom is -0.454 e. The zero-order valence-corrected chi connectivity index (χ0v) is 20.8. The van der Waals surface area contributed by atoms with Crippen molar-refractivity contribution in [1.82, 2.24) is 5.32 Å². The monoisotopic (exact) mass is 504 g/mol. The second kappa shape index (κ2) is 9.53. The number of nitrogens with one attached hydrogen (secondary N) is 2. The Balaban J connectivity index is 0.00000336. The van der Waals surface area contributed by atoms with E-state index in [9.17, 15) is 19.8 Å². The molecule has 1 aliphatic heterocycles. The van der Waals surface area contributed by atoms with Gasteiger partial charge < -0.3 is 30.3 Å². The molecule has 8 heteroatoms. The van der Waals surface area contributed by atoms with Crippen molar-refractivity contribution in [1.29, 1.82) is 0 Å². The van der Waals surface area contributed by atoms with E-state index >= 15 is 0 Å². The molecule has 0 bridgehead atoms. The lowest BCUT2D eigenvalue weighted by atomic mass is 9.94. The van der Waals surface area contributed by atoms with Gasteiger partial charge in [-0.25, -0.2) is 0 Å². The molecule has 4 N–H and O–H groups in total. The van der Waals surface area contributed by atoms with E-state index in [1.165, 1.54) is 0 Å². The maximum atomic E-state index is 13.4. The number of carbonyl (C=O) groups is 2. The van der Waals surface area contributed by atoms with Crippen LogP contribution in [0.4, 0.5) is 5.69 Å². The van der Waals surface area contributed by atoms with Crippen LogP contribution >= 0.6 is 0 Å². The first-order chi connectivity index (χ1) is 17.8. The molecule has 8 nitrogen and oxygen atoms in total. The number of rotatable bonds is 8. The van der Waals surface area contributed by atoms with Gasteiger partial charge in [-0.3, -0.25) is 9.59 Å². The molecule has 0 unspecified atom stereocenters. The van der Waals surface area contributed by atoms with Crippen LogP contribution < -0.4 is 20.1 Å². The van der Waals surface area contributed by atoms with Gasteiger partial charge in [-0.15, -0.1) is 0 Å². The van der Waals surface area contributed by atoms with E-state index in [4.69, 9.17) is 9.47 Å². The summed E-state index contributed by atoms with van der Waals surface area (Å²) in [4.78, 5) is 25.9. The number of fused-ring (bicyclic) bond motifs is 1. The van der Waals surface area contributed by atoms with Crippen LogP contribution in [-0.4, -0.2) is 47.6 Å². The van der Waals surface area contributed by atoms with Crippen molar-refractivity contribution >= 4 is 17.5 Å². The Morgan fingerprint density at radius 1 is 0.973 bits per heavy atom. The van der Waals surface area contributed by atoms with E-state index in [2.05, 4.69) is 10.6 Å². The van der Waals surface area contributed by atoms with Crippen molar-refractivity contribution in [3.8, 4) is 22.6 Å². The number of aryl methyl sites for hydroxylation is 1. The van der Waals surface area contributed by atoms with Gasteiger partial charge in [0.1, 0.15) is 0 Å². The van der Waals surface area contributed by atoms with Crippen molar-refractivity contribution in [2.75, 3.05) is 25.3 Å². The average molecular weight is 505 g/mol. The summed E-state index contributed by atoms with van der Waals surface area (Å²) in [7, 11) is 0. The second-order valence-corrected chi connectivity index (χ2v) is 10.0. The maximum absolute atomic E-state index is 13.4. The fourth-order valence-corrected chi connectivity index (χ4v) is 4.50. The Morgan fingerprint density at radius 3 is 2.35 bits per heavy atom. The van der Waals surface area contributed by atoms with Gasteiger partial charge in [0.2, 0.25) is 12.7 Å². The number of aliphatic hydroxyl groups is 2. The Hall–Kier alpha value is -3.88. The Morgan fingerprint density at radius 2 is 1.68 bits per heavy atom. The molecule has 194 valence electrons. The lowest BCUT2D eigenvalue weighted by Crippen LogP contribution is -2.51. The lowest BCUT2D eigenvalue weighted by Gasteiger charge is -2.26. The van der Waals surface area contributed by atoms with Crippen LogP contribution in [0.2, 0.25) is 0 Å². The summed E-state index contributed by atoms with van der Waals surface area (Å²) >= 11 is 0. The highest BCUT2D eigenvalue weighted by Crippen LogP contribution is 2.51. The summed E-state index contributed by atoms with van der Waals surface area (Å²) in [6.07, 6.45) is 1.54. The predicted octanol–water partition coefficient (Wildman–Crippen LogP) is 3.78. The van der Waals surface area contributed by atoms with Gasteiger partial charge in [-0.1, -0.05) is 24.3 Å². The van der Waals surface area contributed by atoms with Gasteiger partial charge >= 0.3 is 0 Å². The number of carbonyl (C=O) groups excluding carboxylic acids is 2. The first kappa shape index (κ1) is 24.8. The topological polar surface area (TPSA) is 117 Å². The number of ether oxygens (including phenoxy) is 2. The van der Waals surface area contributed by atoms with E-state index in [0.717, 1.165) is 35.1 Å². The third-order valence-corrected chi connectivity index (χ3v) is 7.18. The van der Waals surface area contributed by atoms with Crippen LogP contribution in [0.1, 0.15) is 42.7 Å². The standard InChI is InChI=1S/C29H30N2O6.H2/c1-18-3-9-22(30-27(35)29(11-12-29)21-8-10-24-25(13-21)37-17-36-24)14-23(18)19-4-6-20(7-5-19)26(34)31-28(2,15-32)16-33;/h3-10,13-14,32-33H,11-12,15-17H2,1-2H3,(H,30,35)(H,31,34);1H. The van der Waals surface area contributed by atoms with Crippen LogP contribution in [0.3, 0.4) is 0 Å². The predicted molar refractivity (Wildman–Crippen MR) is 141 cm³/mol. The number of benzene rings is 3. The summed E-state index contributed by atoms with van der Waals surface area (Å²) in [5, 5.41) is 24.6. The molecule has 0 atom stereocenters. The molecule has 0 radical (unpaired) electrons. The molecule has 3 aromatic rings. The van der Waals surface area contributed by atoms with Gasteiger partial charge in [0, 0.05) is 12.7 Å². The van der Waals surface area contributed by atoms with Gasteiger partial charge in [0.05, 0.1) is 24.2 Å². The molecule has 1 saturated carbocycles. The van der Waals surface area contributed by atoms with Crippen molar-refractivity contribution in [2.45, 2.75) is 37.6 Å². The van der Waals surface area contributed by atoms with Crippen LogP contribution in [0, 0.1) is 6.92 Å². The number of anilines is 1. The highest BCUT2D eigenvalue weighted by Gasteiger charge is 2.51. The van der Waals surface area contributed by atoms with Crippen LogP contribution in [0.15, 0.2) is 60.7 Å². The highest BCUT2D eigenvalue weighted by atomic mass is 16.7. The van der Waals surface area contributed by atoms with Gasteiger partial charge in [-0.05, 0) is 85.3 Å². The highest BCUT2D eigenvalue weighted by molar-refractivity contribution is 6.02. The molecule has 2 amide bonds. The fourth-order valence-electron chi connectivity index (χ4n) is 4.50. The van der Waals surface area contributed by atoms with Crippen molar-refractivity contribution in [3.05, 3.63) is 77.4 Å². The summed E-state index contributed by atoms with van der Waals surface area (Å²) in [6.45, 7) is 3.01. The lowest BCUT2D eigenvalue weighted by molar-refractivity contribution is -0.118. The third-order valence-electron chi connectivity index (χ3n) is 7.18. The number of amides is 2. The van der Waals surface area contributed by atoms with Gasteiger partial charge in [0.25, 0.3) is 5.91 Å². The summed E-state index contributed by atoms with van der Waals surface area (Å²) in [6, 6.07) is 18.5. The molecule has 0 spiro atoms. The largest absolute Gasteiger partial charge is 0.454 e. The summed E-state index contributed by atoms with van der Waals surface area (Å²) in [5.41, 5.74) is 3.23. The van der Waals surface area contributed by atoms with E-state index in [-0.39, 0.29) is 33.2 Å². The molecule has 2 aliphatic rings.